The number of carbonyl (C=O) groups is 2. The summed E-state index contributed by atoms with van der Waals surface area (Å²) in [7, 11) is 0. The maximum atomic E-state index is 13.8. The molecule has 1 atom stereocenters. The number of likely N-dealkylation sites (tertiary alicyclic amines) is 1. The van der Waals surface area contributed by atoms with Gasteiger partial charge in [0, 0.05) is 32.1 Å². The number of ether oxygens (including phenoxy) is 1. The summed E-state index contributed by atoms with van der Waals surface area (Å²) in [5.74, 6) is -1.74. The molecule has 178 valence electrons. The largest absolute Gasteiger partial charge is 0.472 e. The SMILES string of the molecule is CC(C)[C@H](NC(=O)c1nc2ccccc2[nH]c1=O)C(=O)N1CCC(Oc2ncccc2F)CC1. The Balaban J connectivity index is 1.41. The molecule has 10 heteroatoms. The summed E-state index contributed by atoms with van der Waals surface area (Å²) in [6, 6.07) is 8.85. The first-order valence-electron chi connectivity index (χ1n) is 11.2. The number of hydrogen-bond donors (Lipinski definition) is 2. The molecule has 1 aromatic carbocycles. The van der Waals surface area contributed by atoms with Crippen LogP contribution in [0.5, 0.6) is 5.88 Å². The van der Waals surface area contributed by atoms with Gasteiger partial charge in [-0.3, -0.25) is 14.4 Å². The molecule has 34 heavy (non-hydrogen) atoms. The highest BCUT2D eigenvalue weighted by molar-refractivity contribution is 5.97. The van der Waals surface area contributed by atoms with Crippen LogP contribution in [0.25, 0.3) is 11.0 Å². The van der Waals surface area contributed by atoms with E-state index in [1.54, 1.807) is 29.2 Å². The zero-order chi connectivity index (χ0) is 24.2. The summed E-state index contributed by atoms with van der Waals surface area (Å²) >= 11 is 0. The van der Waals surface area contributed by atoms with E-state index in [-0.39, 0.29) is 29.5 Å². The smallest absolute Gasteiger partial charge is 0.280 e. The first kappa shape index (κ1) is 23.3. The molecule has 9 nitrogen and oxygen atoms in total. The van der Waals surface area contributed by atoms with Gasteiger partial charge in [-0.15, -0.1) is 0 Å². The number of para-hydroxylation sites is 2. The summed E-state index contributed by atoms with van der Waals surface area (Å²) < 4.78 is 19.5. The van der Waals surface area contributed by atoms with Crippen LogP contribution in [-0.2, 0) is 4.79 Å². The number of fused-ring (bicyclic) bond motifs is 1. The highest BCUT2D eigenvalue weighted by Crippen LogP contribution is 2.21. The Morgan fingerprint density at radius 3 is 2.62 bits per heavy atom. The van der Waals surface area contributed by atoms with Crippen LogP contribution in [0.2, 0.25) is 0 Å². The van der Waals surface area contributed by atoms with Crippen LogP contribution < -0.4 is 15.6 Å². The van der Waals surface area contributed by atoms with Crippen LogP contribution in [-0.4, -0.2) is 56.9 Å². The van der Waals surface area contributed by atoms with Gasteiger partial charge in [-0.2, -0.15) is 0 Å². The standard InChI is InChI=1S/C24H26FN5O4/c1-14(2)19(29-22(32)20-21(31)28-18-8-4-3-7-17(18)27-20)24(33)30-12-9-15(10-13-30)34-23-16(25)6-5-11-26-23/h3-8,11,14-15,19H,9-10,12-13H2,1-2H3,(H,28,31)(H,29,32)/t19-/m0/s1. The minimum absolute atomic E-state index is 0.0484. The Hall–Kier alpha value is -3.82. The number of halogens is 1. The fourth-order valence-corrected chi connectivity index (χ4v) is 3.91. The summed E-state index contributed by atoms with van der Waals surface area (Å²) in [4.78, 5) is 50.9. The third kappa shape index (κ3) is 5.05. The van der Waals surface area contributed by atoms with Gasteiger partial charge in [0.15, 0.2) is 11.5 Å². The van der Waals surface area contributed by atoms with Crippen molar-refractivity contribution in [2.45, 2.75) is 38.8 Å². The van der Waals surface area contributed by atoms with Crippen LogP contribution in [0.4, 0.5) is 4.39 Å². The molecule has 0 bridgehead atoms. The second-order valence-electron chi connectivity index (χ2n) is 8.56. The van der Waals surface area contributed by atoms with Crippen molar-refractivity contribution in [1.82, 2.24) is 25.2 Å². The van der Waals surface area contributed by atoms with E-state index in [4.69, 9.17) is 4.74 Å². The fraction of sp³-hybridized carbons (Fsp3) is 0.375. The lowest BCUT2D eigenvalue weighted by molar-refractivity contribution is -0.136. The lowest BCUT2D eigenvalue weighted by Crippen LogP contribution is -2.54. The van der Waals surface area contributed by atoms with Crippen molar-refractivity contribution in [3.05, 3.63) is 64.5 Å². The van der Waals surface area contributed by atoms with Gasteiger partial charge in [-0.1, -0.05) is 26.0 Å². The molecule has 4 rings (SSSR count). The number of nitrogens with zero attached hydrogens (tertiary/aromatic N) is 3. The van der Waals surface area contributed by atoms with E-state index >= 15 is 0 Å². The highest BCUT2D eigenvalue weighted by atomic mass is 19.1. The van der Waals surface area contributed by atoms with Crippen molar-refractivity contribution in [2.75, 3.05) is 13.1 Å². The molecule has 0 saturated carbocycles. The van der Waals surface area contributed by atoms with Crippen molar-refractivity contribution in [3.8, 4) is 5.88 Å². The number of carbonyl (C=O) groups excluding carboxylic acids is 2. The van der Waals surface area contributed by atoms with Gasteiger partial charge in [-0.05, 0) is 30.2 Å². The minimum Gasteiger partial charge on any atom is -0.472 e. The predicted molar refractivity (Wildman–Crippen MR) is 123 cm³/mol. The third-order valence-corrected chi connectivity index (χ3v) is 5.79. The first-order chi connectivity index (χ1) is 16.3. The summed E-state index contributed by atoms with van der Waals surface area (Å²) in [6.07, 6.45) is 2.21. The van der Waals surface area contributed by atoms with Crippen molar-refractivity contribution in [3.63, 3.8) is 0 Å². The second kappa shape index (κ2) is 9.98. The number of pyridine rings is 1. The lowest BCUT2D eigenvalue weighted by atomic mass is 10.00. The summed E-state index contributed by atoms with van der Waals surface area (Å²) in [6.45, 7) is 4.43. The molecule has 1 aliphatic heterocycles. The van der Waals surface area contributed by atoms with Crippen LogP contribution >= 0.6 is 0 Å². The van der Waals surface area contributed by atoms with Gasteiger partial charge in [0.1, 0.15) is 12.1 Å². The van der Waals surface area contributed by atoms with Gasteiger partial charge >= 0.3 is 0 Å². The molecule has 1 fully saturated rings. The second-order valence-corrected chi connectivity index (χ2v) is 8.56. The van der Waals surface area contributed by atoms with Crippen molar-refractivity contribution in [2.24, 2.45) is 5.92 Å². The van der Waals surface area contributed by atoms with Crippen LogP contribution in [0.15, 0.2) is 47.4 Å². The molecule has 3 aromatic rings. The number of aromatic amines is 1. The zero-order valence-corrected chi connectivity index (χ0v) is 19.0. The Labute approximate surface area is 195 Å². The number of nitrogens with one attached hydrogen (secondary N) is 2. The Morgan fingerprint density at radius 2 is 1.91 bits per heavy atom. The highest BCUT2D eigenvalue weighted by Gasteiger charge is 2.33. The van der Waals surface area contributed by atoms with Crippen molar-refractivity contribution in [1.29, 1.82) is 0 Å². The topological polar surface area (TPSA) is 117 Å². The van der Waals surface area contributed by atoms with Crippen molar-refractivity contribution < 1.29 is 18.7 Å². The maximum Gasteiger partial charge on any atom is 0.280 e. The molecule has 2 amide bonds. The van der Waals surface area contributed by atoms with E-state index in [9.17, 15) is 18.8 Å². The minimum atomic E-state index is -0.828. The first-order valence-corrected chi connectivity index (χ1v) is 11.2. The fourth-order valence-electron chi connectivity index (χ4n) is 3.91. The van der Waals surface area contributed by atoms with E-state index in [1.807, 2.05) is 13.8 Å². The normalized spacial score (nSPS) is 15.4. The van der Waals surface area contributed by atoms with Gasteiger partial charge in [0.25, 0.3) is 17.3 Å². The molecule has 1 saturated heterocycles. The Morgan fingerprint density at radius 1 is 1.18 bits per heavy atom. The summed E-state index contributed by atoms with van der Waals surface area (Å²) in [5, 5.41) is 2.69. The van der Waals surface area contributed by atoms with Crippen LogP contribution in [0.1, 0.15) is 37.2 Å². The van der Waals surface area contributed by atoms with E-state index in [0.29, 0.717) is 37.0 Å². The van der Waals surface area contributed by atoms with E-state index in [1.165, 1.54) is 18.3 Å². The molecular weight excluding hydrogens is 441 g/mol. The van der Waals surface area contributed by atoms with Gasteiger partial charge in [-0.25, -0.2) is 14.4 Å². The number of hydrogen-bond acceptors (Lipinski definition) is 6. The quantitative estimate of drug-likeness (QED) is 0.574. The molecule has 3 heterocycles. The van der Waals surface area contributed by atoms with Gasteiger partial charge < -0.3 is 19.9 Å². The Kier molecular flexibility index (Phi) is 6.85. The number of aromatic nitrogens is 3. The van der Waals surface area contributed by atoms with E-state index < -0.39 is 23.3 Å². The maximum absolute atomic E-state index is 13.8. The molecule has 2 N–H and O–H groups in total. The van der Waals surface area contributed by atoms with Crippen LogP contribution in [0, 0.1) is 11.7 Å². The molecular formula is C24H26FN5O4. The van der Waals surface area contributed by atoms with Gasteiger partial charge in [0.2, 0.25) is 5.91 Å². The molecule has 0 unspecified atom stereocenters. The Bertz CT molecular complexity index is 1250. The average Bonchev–Trinajstić information content (AvgIpc) is 2.83. The van der Waals surface area contributed by atoms with E-state index in [0.717, 1.165) is 0 Å². The number of benzene rings is 1. The average molecular weight is 468 g/mol. The van der Waals surface area contributed by atoms with Gasteiger partial charge in [0.05, 0.1) is 11.0 Å². The molecule has 0 aliphatic carbocycles. The lowest BCUT2D eigenvalue weighted by Gasteiger charge is -2.35. The molecule has 2 aromatic heterocycles. The third-order valence-electron chi connectivity index (χ3n) is 5.79. The summed E-state index contributed by atoms with van der Waals surface area (Å²) in [5.41, 5.74) is 0.0924. The molecule has 0 radical (unpaired) electrons. The van der Waals surface area contributed by atoms with Crippen LogP contribution in [0.3, 0.4) is 0 Å². The number of rotatable bonds is 6. The molecule has 0 spiro atoms. The number of H-pyrrole nitrogens is 1. The van der Waals surface area contributed by atoms with E-state index in [2.05, 4.69) is 20.3 Å². The number of piperidine rings is 1. The number of amides is 2. The molecule has 1 aliphatic rings. The predicted octanol–water partition coefficient (Wildman–Crippen LogP) is 2.28. The van der Waals surface area contributed by atoms with Crippen molar-refractivity contribution >= 4 is 22.8 Å². The monoisotopic (exact) mass is 467 g/mol. The zero-order valence-electron chi connectivity index (χ0n) is 19.0.